The lowest BCUT2D eigenvalue weighted by molar-refractivity contribution is -0.00345. The third kappa shape index (κ3) is 1.74. The van der Waals surface area contributed by atoms with E-state index in [-0.39, 0.29) is 0 Å². The predicted molar refractivity (Wildman–Crippen MR) is 75.9 cm³/mol. The summed E-state index contributed by atoms with van der Waals surface area (Å²) in [5.74, 6) is 4.82. The van der Waals surface area contributed by atoms with E-state index >= 15 is 0 Å². The van der Waals surface area contributed by atoms with E-state index in [1.165, 1.54) is 38.5 Å². The van der Waals surface area contributed by atoms with Crippen LogP contribution in [-0.2, 0) is 6.54 Å². The summed E-state index contributed by atoms with van der Waals surface area (Å²) < 4.78 is 5.89. The van der Waals surface area contributed by atoms with Crippen LogP contribution in [0.15, 0.2) is 16.5 Å². The van der Waals surface area contributed by atoms with Crippen molar-refractivity contribution in [3.63, 3.8) is 0 Å². The van der Waals surface area contributed by atoms with Crippen LogP contribution in [0.5, 0.6) is 0 Å². The molecule has 0 unspecified atom stereocenters. The van der Waals surface area contributed by atoms with Crippen LogP contribution in [-0.4, -0.2) is 12.6 Å². The van der Waals surface area contributed by atoms with Crippen molar-refractivity contribution in [2.45, 2.75) is 50.6 Å². The lowest BCUT2D eigenvalue weighted by atomic mass is 9.52. The number of rotatable bonds is 3. The first-order chi connectivity index (χ1) is 9.18. The van der Waals surface area contributed by atoms with Gasteiger partial charge in [0.15, 0.2) is 5.88 Å². The Balaban J connectivity index is 1.63. The highest BCUT2D eigenvalue weighted by atomic mass is 16.4. The summed E-state index contributed by atoms with van der Waals surface area (Å²) >= 11 is 0. The topological polar surface area (TPSA) is 42.4 Å². The summed E-state index contributed by atoms with van der Waals surface area (Å²) in [6.45, 7) is 0.495. The van der Waals surface area contributed by atoms with Crippen LogP contribution >= 0.6 is 0 Å². The van der Waals surface area contributed by atoms with Gasteiger partial charge in [-0.05, 0) is 62.3 Å². The van der Waals surface area contributed by atoms with Crippen molar-refractivity contribution < 1.29 is 4.42 Å². The molecule has 2 N–H and O–H groups in total. The fraction of sp³-hybridized carbons (Fsp3) is 0.750. The molecule has 4 aliphatic carbocycles. The fourth-order valence-corrected chi connectivity index (χ4v) is 5.37. The molecular formula is C16H24N2O. The highest BCUT2D eigenvalue weighted by molar-refractivity contribution is 5.40. The van der Waals surface area contributed by atoms with Crippen LogP contribution in [0.4, 0.5) is 5.88 Å². The number of nitrogens with zero attached hydrogens (tertiary/aromatic N) is 1. The van der Waals surface area contributed by atoms with Crippen molar-refractivity contribution in [1.29, 1.82) is 0 Å². The van der Waals surface area contributed by atoms with Gasteiger partial charge in [0.1, 0.15) is 5.76 Å². The normalized spacial score (nSPS) is 39.8. The molecule has 104 valence electrons. The van der Waals surface area contributed by atoms with Crippen LogP contribution in [0.2, 0.25) is 0 Å². The summed E-state index contributed by atoms with van der Waals surface area (Å²) in [6, 6.07) is 4.12. The fourth-order valence-electron chi connectivity index (χ4n) is 5.37. The maximum absolute atomic E-state index is 5.89. The average molecular weight is 260 g/mol. The highest BCUT2D eigenvalue weighted by Gasteiger charge is 2.53. The Bertz CT molecular complexity index is 444. The van der Waals surface area contributed by atoms with Crippen molar-refractivity contribution in [3.05, 3.63) is 17.9 Å². The smallest absolute Gasteiger partial charge is 0.195 e. The molecule has 4 bridgehead atoms. The molecule has 4 saturated carbocycles. The third-order valence-electron chi connectivity index (χ3n) is 5.90. The molecule has 5 rings (SSSR count). The molecule has 1 aromatic rings. The second kappa shape index (κ2) is 4.02. The van der Waals surface area contributed by atoms with E-state index in [2.05, 4.69) is 18.0 Å². The van der Waals surface area contributed by atoms with Crippen LogP contribution in [0, 0.1) is 17.8 Å². The maximum atomic E-state index is 5.89. The molecule has 1 aromatic heterocycles. The minimum Gasteiger partial charge on any atom is -0.444 e. The van der Waals surface area contributed by atoms with Gasteiger partial charge in [-0.25, -0.2) is 0 Å². The molecule has 4 fully saturated rings. The summed E-state index contributed by atoms with van der Waals surface area (Å²) in [5.41, 5.74) is 6.03. The number of nitrogens with two attached hydrogens (primary N) is 1. The van der Waals surface area contributed by atoms with Gasteiger partial charge in [0.05, 0.1) is 6.54 Å². The van der Waals surface area contributed by atoms with Crippen molar-refractivity contribution in [2.75, 3.05) is 11.9 Å². The first-order valence-corrected chi connectivity index (χ1v) is 7.71. The van der Waals surface area contributed by atoms with E-state index < -0.39 is 0 Å². The van der Waals surface area contributed by atoms with Gasteiger partial charge in [-0.1, -0.05) is 0 Å². The van der Waals surface area contributed by atoms with Crippen molar-refractivity contribution in [2.24, 2.45) is 23.5 Å². The molecular weight excluding hydrogens is 236 g/mol. The minimum atomic E-state index is 0.373. The zero-order valence-corrected chi connectivity index (χ0v) is 11.8. The van der Waals surface area contributed by atoms with Crippen LogP contribution in [0.25, 0.3) is 0 Å². The molecule has 3 heteroatoms. The summed E-state index contributed by atoms with van der Waals surface area (Å²) in [7, 11) is 2.23. The van der Waals surface area contributed by atoms with Crippen molar-refractivity contribution >= 4 is 5.88 Å². The van der Waals surface area contributed by atoms with Gasteiger partial charge in [0.2, 0.25) is 0 Å². The number of hydrogen-bond donors (Lipinski definition) is 1. The van der Waals surface area contributed by atoms with E-state index in [1.807, 2.05) is 6.07 Å². The molecule has 0 aliphatic heterocycles. The molecule has 0 amide bonds. The molecule has 0 atom stereocenters. The Morgan fingerprint density at radius 2 is 1.74 bits per heavy atom. The van der Waals surface area contributed by atoms with Crippen LogP contribution in [0.1, 0.15) is 44.3 Å². The Morgan fingerprint density at radius 1 is 1.16 bits per heavy atom. The molecule has 0 aromatic carbocycles. The average Bonchev–Trinajstić information content (AvgIpc) is 2.84. The number of hydrogen-bond acceptors (Lipinski definition) is 3. The Kier molecular flexibility index (Phi) is 2.50. The Morgan fingerprint density at radius 3 is 2.21 bits per heavy atom. The molecule has 0 saturated heterocycles. The molecule has 3 nitrogen and oxygen atoms in total. The number of anilines is 1. The minimum absolute atomic E-state index is 0.373. The zero-order valence-electron chi connectivity index (χ0n) is 11.8. The van der Waals surface area contributed by atoms with Gasteiger partial charge in [0, 0.05) is 18.7 Å². The molecule has 19 heavy (non-hydrogen) atoms. The molecule has 0 spiro atoms. The van der Waals surface area contributed by atoms with Crippen LogP contribution in [0.3, 0.4) is 0 Å². The van der Waals surface area contributed by atoms with E-state index in [4.69, 9.17) is 10.2 Å². The van der Waals surface area contributed by atoms with Crippen LogP contribution < -0.4 is 10.6 Å². The first-order valence-electron chi connectivity index (χ1n) is 7.71. The largest absolute Gasteiger partial charge is 0.444 e. The van der Waals surface area contributed by atoms with E-state index in [9.17, 15) is 0 Å². The van der Waals surface area contributed by atoms with E-state index in [1.54, 1.807) is 0 Å². The van der Waals surface area contributed by atoms with Gasteiger partial charge in [-0.3, -0.25) is 0 Å². The van der Waals surface area contributed by atoms with E-state index in [0.29, 0.717) is 12.1 Å². The molecule has 1 heterocycles. The van der Waals surface area contributed by atoms with Gasteiger partial charge in [-0.15, -0.1) is 0 Å². The zero-order chi connectivity index (χ0) is 13.0. The second-order valence-corrected chi connectivity index (χ2v) is 7.14. The standard InChI is InChI=1S/C16H24N2O/c1-18(15-3-2-14(10-17)19-15)16-7-11-4-12(8-16)6-13(5-11)9-16/h2-3,11-13H,4-10,17H2,1H3. The summed E-state index contributed by atoms with van der Waals surface area (Å²) in [5, 5.41) is 0. The molecule has 0 radical (unpaired) electrons. The second-order valence-electron chi connectivity index (χ2n) is 7.14. The third-order valence-corrected chi connectivity index (χ3v) is 5.90. The Hall–Kier alpha value is -0.960. The van der Waals surface area contributed by atoms with Gasteiger partial charge in [0.25, 0.3) is 0 Å². The maximum Gasteiger partial charge on any atom is 0.195 e. The van der Waals surface area contributed by atoms with Gasteiger partial charge >= 0.3 is 0 Å². The highest BCUT2D eigenvalue weighted by Crippen LogP contribution is 2.58. The monoisotopic (exact) mass is 260 g/mol. The van der Waals surface area contributed by atoms with Gasteiger partial charge in [-0.2, -0.15) is 0 Å². The SMILES string of the molecule is CN(c1ccc(CN)o1)C12CC3CC(CC(C3)C1)C2. The Labute approximate surface area is 115 Å². The lowest BCUT2D eigenvalue weighted by Crippen LogP contribution is -2.59. The predicted octanol–water partition coefficient (Wildman–Crippen LogP) is 3.14. The van der Waals surface area contributed by atoms with E-state index in [0.717, 1.165) is 29.4 Å². The lowest BCUT2D eigenvalue weighted by Gasteiger charge is -2.59. The van der Waals surface area contributed by atoms with Crippen molar-refractivity contribution in [1.82, 2.24) is 0 Å². The summed E-state index contributed by atoms with van der Waals surface area (Å²) in [4.78, 5) is 2.44. The first kappa shape index (κ1) is 11.8. The number of furan rings is 1. The van der Waals surface area contributed by atoms with Gasteiger partial charge < -0.3 is 15.1 Å². The molecule has 4 aliphatic rings. The van der Waals surface area contributed by atoms with Crippen molar-refractivity contribution in [3.8, 4) is 0 Å². The quantitative estimate of drug-likeness (QED) is 0.908. The summed E-state index contributed by atoms with van der Waals surface area (Å²) in [6.07, 6.45) is 8.56.